The van der Waals surface area contributed by atoms with E-state index in [1.807, 2.05) is 0 Å². The fraction of sp³-hybridized carbons (Fsp3) is 1.00. The Kier molecular flexibility index (Phi) is 4.58. The molecule has 1 saturated carbocycles. The van der Waals surface area contributed by atoms with E-state index in [1.165, 1.54) is 19.3 Å². The zero-order valence-corrected chi connectivity index (χ0v) is 12.9. The van der Waals surface area contributed by atoms with Gasteiger partial charge in [-0.15, -0.1) is 0 Å². The van der Waals surface area contributed by atoms with Gasteiger partial charge in [0.25, 0.3) is 0 Å². The van der Waals surface area contributed by atoms with E-state index in [0.29, 0.717) is 25.4 Å². The molecule has 0 radical (unpaired) electrons. The van der Waals surface area contributed by atoms with Gasteiger partial charge in [0.2, 0.25) is 0 Å². The van der Waals surface area contributed by atoms with Gasteiger partial charge in [-0.3, -0.25) is 0 Å². The molecule has 4 nitrogen and oxygen atoms in total. The van der Waals surface area contributed by atoms with Crippen LogP contribution in [-0.2, 0) is 9.84 Å². The van der Waals surface area contributed by atoms with Crippen molar-refractivity contribution in [3.63, 3.8) is 0 Å². The summed E-state index contributed by atoms with van der Waals surface area (Å²) in [6.45, 7) is 5.10. The Morgan fingerprint density at radius 3 is 2.16 bits per heavy atom. The molecule has 112 valence electrons. The van der Waals surface area contributed by atoms with Gasteiger partial charge in [-0.05, 0) is 43.9 Å². The van der Waals surface area contributed by atoms with Crippen LogP contribution >= 0.6 is 0 Å². The van der Waals surface area contributed by atoms with Crippen molar-refractivity contribution in [1.29, 1.82) is 0 Å². The maximum atomic E-state index is 11.4. The third-order valence-corrected chi connectivity index (χ3v) is 6.31. The second kappa shape index (κ2) is 5.70. The van der Waals surface area contributed by atoms with Crippen LogP contribution in [-0.4, -0.2) is 43.2 Å². The lowest BCUT2D eigenvalue weighted by Gasteiger charge is -2.37. The number of hydrogen-bond donors (Lipinski definition) is 2. The average Bonchev–Trinajstić information content (AvgIpc) is 2.30. The molecule has 1 aliphatic heterocycles. The zero-order valence-electron chi connectivity index (χ0n) is 12.1. The first-order chi connectivity index (χ1) is 8.78. The van der Waals surface area contributed by atoms with E-state index in [-0.39, 0.29) is 11.5 Å². The van der Waals surface area contributed by atoms with Gasteiger partial charge in [0.1, 0.15) is 0 Å². The molecule has 0 aromatic rings. The van der Waals surface area contributed by atoms with Crippen LogP contribution in [0.1, 0.15) is 46.0 Å². The number of aliphatic hydroxyl groups is 1. The molecule has 2 atom stereocenters. The Morgan fingerprint density at radius 2 is 1.63 bits per heavy atom. The van der Waals surface area contributed by atoms with E-state index in [9.17, 15) is 13.5 Å². The van der Waals surface area contributed by atoms with Crippen molar-refractivity contribution in [2.24, 2.45) is 11.8 Å². The fourth-order valence-electron chi connectivity index (χ4n) is 3.54. The minimum Gasteiger partial charge on any atom is -0.388 e. The van der Waals surface area contributed by atoms with Gasteiger partial charge in [-0.25, -0.2) is 8.42 Å². The molecule has 5 heteroatoms. The summed E-state index contributed by atoms with van der Waals surface area (Å²) in [6, 6.07) is 0.473. The molecule has 2 rings (SSSR count). The van der Waals surface area contributed by atoms with Crippen LogP contribution in [0.2, 0.25) is 0 Å². The zero-order chi connectivity index (χ0) is 14.1. The van der Waals surface area contributed by atoms with Crippen molar-refractivity contribution in [3.8, 4) is 0 Å². The monoisotopic (exact) mass is 289 g/mol. The van der Waals surface area contributed by atoms with Crippen LogP contribution in [0.15, 0.2) is 0 Å². The van der Waals surface area contributed by atoms with Gasteiger partial charge in [0.15, 0.2) is 9.84 Å². The maximum absolute atomic E-state index is 11.4. The van der Waals surface area contributed by atoms with Crippen molar-refractivity contribution in [1.82, 2.24) is 5.32 Å². The molecular formula is C14H27NO3S. The van der Waals surface area contributed by atoms with Crippen LogP contribution in [0.3, 0.4) is 0 Å². The van der Waals surface area contributed by atoms with Gasteiger partial charge in [0.05, 0.1) is 17.1 Å². The lowest BCUT2D eigenvalue weighted by atomic mass is 9.80. The van der Waals surface area contributed by atoms with Crippen molar-refractivity contribution in [2.45, 2.75) is 57.6 Å². The normalized spacial score (nSPS) is 37.9. The predicted octanol–water partition coefficient (Wildman–Crippen LogP) is 1.34. The SMILES string of the molecule is C[C@H]1CC(NCC2(O)CCS(=O)(=O)CC2)C[C@H](C)C1. The first-order valence-electron chi connectivity index (χ1n) is 7.44. The Hall–Kier alpha value is -0.130. The largest absolute Gasteiger partial charge is 0.388 e. The highest BCUT2D eigenvalue weighted by atomic mass is 32.2. The first kappa shape index (κ1) is 15.3. The molecule has 0 aromatic carbocycles. The van der Waals surface area contributed by atoms with Crippen LogP contribution < -0.4 is 5.32 Å². The molecule has 2 N–H and O–H groups in total. The summed E-state index contributed by atoms with van der Waals surface area (Å²) in [5.41, 5.74) is -0.824. The fourth-order valence-corrected chi connectivity index (χ4v) is 5.13. The quantitative estimate of drug-likeness (QED) is 0.823. The molecule has 19 heavy (non-hydrogen) atoms. The number of sulfone groups is 1. The second-order valence-electron chi connectivity index (χ2n) is 6.87. The van der Waals surface area contributed by atoms with E-state index < -0.39 is 15.4 Å². The number of nitrogens with one attached hydrogen (secondary N) is 1. The molecule has 1 heterocycles. The highest BCUT2D eigenvalue weighted by Gasteiger charge is 2.36. The van der Waals surface area contributed by atoms with E-state index in [0.717, 1.165) is 11.8 Å². The third kappa shape index (κ3) is 4.43. The van der Waals surface area contributed by atoms with E-state index in [2.05, 4.69) is 19.2 Å². The summed E-state index contributed by atoms with van der Waals surface area (Å²) >= 11 is 0. The van der Waals surface area contributed by atoms with Crippen molar-refractivity contribution >= 4 is 9.84 Å². The summed E-state index contributed by atoms with van der Waals surface area (Å²) in [5, 5.41) is 13.9. The minimum atomic E-state index is -2.90. The lowest BCUT2D eigenvalue weighted by Crippen LogP contribution is -2.50. The van der Waals surface area contributed by atoms with Gasteiger partial charge in [-0.1, -0.05) is 13.8 Å². The van der Waals surface area contributed by atoms with Crippen molar-refractivity contribution < 1.29 is 13.5 Å². The molecule has 1 saturated heterocycles. The molecule has 2 fully saturated rings. The van der Waals surface area contributed by atoms with Gasteiger partial charge in [0, 0.05) is 12.6 Å². The van der Waals surface area contributed by atoms with E-state index in [4.69, 9.17) is 0 Å². The topological polar surface area (TPSA) is 66.4 Å². The summed E-state index contributed by atoms with van der Waals surface area (Å²) in [4.78, 5) is 0. The maximum Gasteiger partial charge on any atom is 0.150 e. The number of hydrogen-bond acceptors (Lipinski definition) is 4. The Labute approximate surface area is 116 Å². The molecule has 0 amide bonds. The molecule has 2 aliphatic rings. The van der Waals surface area contributed by atoms with Gasteiger partial charge < -0.3 is 10.4 Å². The molecule has 0 bridgehead atoms. The standard InChI is InChI=1S/C14H27NO3S/c1-11-7-12(2)9-13(8-11)15-10-14(16)3-5-19(17,18)6-4-14/h11-13,15-16H,3-10H2,1-2H3/t11-,12-/m1/s1. The van der Waals surface area contributed by atoms with E-state index in [1.54, 1.807) is 0 Å². The molecule has 0 unspecified atom stereocenters. The summed E-state index contributed by atoms with van der Waals surface area (Å²) < 4.78 is 22.8. The van der Waals surface area contributed by atoms with Gasteiger partial charge in [-0.2, -0.15) is 0 Å². The van der Waals surface area contributed by atoms with Crippen molar-refractivity contribution in [2.75, 3.05) is 18.1 Å². The first-order valence-corrected chi connectivity index (χ1v) is 9.26. The average molecular weight is 289 g/mol. The van der Waals surface area contributed by atoms with Crippen LogP contribution in [0, 0.1) is 11.8 Å². The third-order valence-electron chi connectivity index (χ3n) is 4.66. The molecular weight excluding hydrogens is 262 g/mol. The second-order valence-corrected chi connectivity index (χ2v) is 9.18. The van der Waals surface area contributed by atoms with Crippen LogP contribution in [0.5, 0.6) is 0 Å². The smallest absolute Gasteiger partial charge is 0.150 e. The molecule has 1 aliphatic carbocycles. The summed E-state index contributed by atoms with van der Waals surface area (Å²) in [7, 11) is -2.90. The molecule has 0 spiro atoms. The summed E-state index contributed by atoms with van der Waals surface area (Å²) in [6.07, 6.45) is 4.37. The Balaban J connectivity index is 1.82. The number of rotatable bonds is 3. The van der Waals surface area contributed by atoms with Gasteiger partial charge >= 0.3 is 0 Å². The summed E-state index contributed by atoms with van der Waals surface area (Å²) in [5.74, 6) is 1.73. The van der Waals surface area contributed by atoms with E-state index >= 15 is 0 Å². The minimum absolute atomic E-state index is 0.128. The van der Waals surface area contributed by atoms with Crippen molar-refractivity contribution in [3.05, 3.63) is 0 Å². The van der Waals surface area contributed by atoms with Crippen LogP contribution in [0.4, 0.5) is 0 Å². The van der Waals surface area contributed by atoms with Crippen LogP contribution in [0.25, 0.3) is 0 Å². The predicted molar refractivity (Wildman–Crippen MR) is 76.8 cm³/mol. The lowest BCUT2D eigenvalue weighted by molar-refractivity contribution is 0.0249. The molecule has 0 aromatic heterocycles. The Morgan fingerprint density at radius 1 is 1.11 bits per heavy atom. The highest BCUT2D eigenvalue weighted by molar-refractivity contribution is 7.91. The Bertz CT molecular complexity index is 383. The highest BCUT2D eigenvalue weighted by Crippen LogP contribution is 2.29.